The van der Waals surface area contributed by atoms with Crippen molar-refractivity contribution in [3.63, 3.8) is 0 Å². The van der Waals surface area contributed by atoms with E-state index in [0.717, 1.165) is 33.7 Å². The van der Waals surface area contributed by atoms with Crippen LogP contribution in [0.15, 0.2) is 0 Å². The van der Waals surface area contributed by atoms with E-state index in [0.29, 0.717) is 0 Å². The van der Waals surface area contributed by atoms with Crippen LogP contribution in [-0.4, -0.2) is 23.8 Å². The second-order valence-electron chi connectivity index (χ2n) is 8.48. The molecule has 0 bridgehead atoms. The molecule has 4 heteroatoms. The number of hydrogen-bond donors (Lipinski definition) is 0. The molecular formula is C25H34N2O2. The Hall–Kier alpha value is -2.33. The number of anilines is 1. The molecule has 1 aromatic carbocycles. The van der Waals surface area contributed by atoms with Crippen molar-refractivity contribution in [2.45, 2.75) is 68.5 Å². The summed E-state index contributed by atoms with van der Waals surface area (Å²) in [6, 6.07) is 0. The third-order valence-electron chi connectivity index (χ3n) is 7.31. The smallest absolute Gasteiger partial charge is 0.261 e. The fourth-order valence-corrected chi connectivity index (χ4v) is 4.80. The third-order valence-corrected chi connectivity index (χ3v) is 7.31. The zero-order chi connectivity index (χ0) is 21.9. The summed E-state index contributed by atoms with van der Waals surface area (Å²) in [5.41, 5.74) is 13.6. The van der Waals surface area contributed by atoms with Crippen molar-refractivity contribution in [1.29, 1.82) is 0 Å². The highest BCUT2D eigenvalue weighted by molar-refractivity contribution is 6.38. The van der Waals surface area contributed by atoms with Gasteiger partial charge in [0.05, 0.1) is 11.3 Å². The normalized spacial score (nSPS) is 16.5. The third kappa shape index (κ3) is 2.80. The topological polar surface area (TPSA) is 34.5 Å². The van der Waals surface area contributed by atoms with Crippen LogP contribution in [0, 0.1) is 48.5 Å². The Labute approximate surface area is 175 Å². The van der Waals surface area contributed by atoms with Crippen LogP contribution in [0.4, 0.5) is 5.69 Å². The maximum atomic E-state index is 13.8. The number of amides is 1. The molecule has 29 heavy (non-hydrogen) atoms. The van der Waals surface area contributed by atoms with Crippen LogP contribution in [0.1, 0.15) is 64.2 Å². The molecule has 0 N–H and O–H groups in total. The van der Waals surface area contributed by atoms with Crippen LogP contribution in [0.3, 0.4) is 0 Å². The van der Waals surface area contributed by atoms with E-state index >= 15 is 0 Å². The van der Waals surface area contributed by atoms with Crippen molar-refractivity contribution in [3.8, 4) is 0 Å². The second-order valence-corrected chi connectivity index (χ2v) is 8.48. The van der Waals surface area contributed by atoms with Crippen LogP contribution in [0.5, 0.6) is 0 Å². The zero-order valence-electron chi connectivity index (χ0n) is 19.8. The maximum absolute atomic E-state index is 13.8. The number of fused-ring (bicyclic) bond motifs is 1. The Kier molecular flexibility index (Phi) is 5.29. The molecule has 4 nitrogen and oxygen atoms in total. The minimum Gasteiger partial charge on any atom is -0.361 e. The first-order chi connectivity index (χ1) is 13.5. The molecule has 2 heterocycles. The number of methoxy groups -OCH3 is 1. The van der Waals surface area contributed by atoms with Crippen LogP contribution >= 0.6 is 0 Å². The molecule has 0 saturated heterocycles. The first-order valence-corrected chi connectivity index (χ1v) is 10.3. The SMILES string of the molecule is COC(C)N1C(=O)/C(=C(/C)c2c(C)c(C)c(C)n2C)c2c(C)c(C)c(C)c(C)c21. The number of aromatic nitrogens is 1. The lowest BCUT2D eigenvalue weighted by Gasteiger charge is -2.26. The Bertz CT molecular complexity index is 1040. The first-order valence-electron chi connectivity index (χ1n) is 10.3. The molecule has 0 saturated carbocycles. The summed E-state index contributed by atoms with van der Waals surface area (Å²) in [6.07, 6.45) is -0.329. The van der Waals surface area contributed by atoms with Gasteiger partial charge in [0.25, 0.3) is 5.91 Å². The van der Waals surface area contributed by atoms with Crippen molar-refractivity contribution in [2.24, 2.45) is 7.05 Å². The van der Waals surface area contributed by atoms with Crippen LogP contribution in [0.2, 0.25) is 0 Å². The fourth-order valence-electron chi connectivity index (χ4n) is 4.80. The summed E-state index contributed by atoms with van der Waals surface area (Å²) in [5, 5.41) is 0. The molecule has 1 amide bonds. The molecular weight excluding hydrogens is 360 g/mol. The molecule has 156 valence electrons. The number of nitrogens with zero attached hydrogens (tertiary/aromatic N) is 2. The van der Waals surface area contributed by atoms with E-state index in [4.69, 9.17) is 4.74 Å². The number of carbonyl (C=O) groups is 1. The highest BCUT2D eigenvalue weighted by Gasteiger charge is 2.40. The molecule has 1 aliphatic heterocycles. The summed E-state index contributed by atoms with van der Waals surface area (Å²) in [7, 11) is 3.74. The largest absolute Gasteiger partial charge is 0.361 e. The molecule has 0 aliphatic carbocycles. The molecule has 1 aromatic heterocycles. The van der Waals surface area contributed by atoms with Gasteiger partial charge in [0.2, 0.25) is 0 Å². The van der Waals surface area contributed by atoms with Crippen molar-refractivity contribution in [2.75, 3.05) is 12.0 Å². The predicted molar refractivity (Wildman–Crippen MR) is 121 cm³/mol. The van der Waals surface area contributed by atoms with Crippen LogP contribution in [0.25, 0.3) is 11.1 Å². The summed E-state index contributed by atoms with van der Waals surface area (Å²) >= 11 is 0. The van der Waals surface area contributed by atoms with Gasteiger partial charge in [0.1, 0.15) is 6.23 Å². The predicted octanol–water partition coefficient (Wildman–Crippen LogP) is 5.45. The minimum absolute atomic E-state index is 0.0268. The lowest BCUT2D eigenvalue weighted by molar-refractivity contribution is -0.114. The van der Waals surface area contributed by atoms with E-state index in [-0.39, 0.29) is 12.1 Å². The molecule has 0 radical (unpaired) electrons. The van der Waals surface area contributed by atoms with Gasteiger partial charge in [-0.15, -0.1) is 0 Å². The number of rotatable bonds is 3. The van der Waals surface area contributed by atoms with Gasteiger partial charge >= 0.3 is 0 Å². The zero-order valence-corrected chi connectivity index (χ0v) is 19.8. The van der Waals surface area contributed by atoms with Crippen LogP contribution in [-0.2, 0) is 16.6 Å². The number of allylic oxidation sites excluding steroid dienone is 1. The fraction of sp³-hybridized carbons (Fsp3) is 0.480. The van der Waals surface area contributed by atoms with Gasteiger partial charge in [-0.2, -0.15) is 0 Å². The van der Waals surface area contributed by atoms with Gasteiger partial charge in [0.15, 0.2) is 0 Å². The number of benzene rings is 1. The molecule has 1 aliphatic rings. The van der Waals surface area contributed by atoms with E-state index in [1.807, 2.05) is 11.8 Å². The average molecular weight is 395 g/mol. The van der Waals surface area contributed by atoms with Crippen molar-refractivity contribution < 1.29 is 9.53 Å². The van der Waals surface area contributed by atoms with E-state index < -0.39 is 0 Å². The quantitative estimate of drug-likeness (QED) is 0.649. The summed E-state index contributed by atoms with van der Waals surface area (Å²) in [4.78, 5) is 15.6. The van der Waals surface area contributed by atoms with Gasteiger partial charge in [-0.05, 0) is 101 Å². The summed E-state index contributed by atoms with van der Waals surface area (Å²) in [6.45, 7) is 19.0. The molecule has 3 rings (SSSR count). The monoisotopic (exact) mass is 394 g/mol. The van der Waals surface area contributed by atoms with E-state index in [1.165, 1.54) is 33.5 Å². The van der Waals surface area contributed by atoms with Gasteiger partial charge < -0.3 is 9.30 Å². The first kappa shape index (κ1) is 21.4. The molecule has 1 unspecified atom stereocenters. The van der Waals surface area contributed by atoms with Gasteiger partial charge in [-0.3, -0.25) is 9.69 Å². The van der Waals surface area contributed by atoms with Crippen molar-refractivity contribution >= 4 is 22.7 Å². The van der Waals surface area contributed by atoms with Gasteiger partial charge in [-0.1, -0.05) is 0 Å². The standard InChI is InChI=1S/C25H34N2O2/c1-12-13(2)16(5)24-21(15(12)4)22(25(28)27(24)20(9)29-11)18(7)23-17(6)14(3)19(8)26(23)10/h20H,1-11H3/b22-18-. The molecule has 0 spiro atoms. The number of hydrogen-bond acceptors (Lipinski definition) is 2. The Morgan fingerprint density at radius 2 is 1.41 bits per heavy atom. The lowest BCUT2D eigenvalue weighted by Crippen LogP contribution is -2.37. The number of ether oxygens (including phenoxy) is 1. The Balaban J connectivity index is 2.47. The number of carbonyl (C=O) groups excluding carboxylic acids is 1. The summed E-state index contributed by atoms with van der Waals surface area (Å²) in [5.74, 6) is 0.0268. The van der Waals surface area contributed by atoms with Crippen LogP contribution < -0.4 is 4.90 Å². The van der Waals surface area contributed by atoms with Gasteiger partial charge in [-0.25, -0.2) is 0 Å². The minimum atomic E-state index is -0.329. The summed E-state index contributed by atoms with van der Waals surface area (Å²) < 4.78 is 7.82. The second kappa shape index (κ2) is 7.17. The highest BCUT2D eigenvalue weighted by atomic mass is 16.5. The molecule has 0 fully saturated rings. The van der Waals surface area contributed by atoms with Crippen molar-refractivity contribution in [1.82, 2.24) is 4.57 Å². The van der Waals surface area contributed by atoms with Gasteiger partial charge in [0, 0.05) is 31.1 Å². The van der Waals surface area contributed by atoms with E-state index in [2.05, 4.69) is 67.0 Å². The maximum Gasteiger partial charge on any atom is 0.261 e. The average Bonchev–Trinajstić information content (AvgIpc) is 3.10. The lowest BCUT2D eigenvalue weighted by atomic mass is 9.88. The Morgan fingerprint density at radius 3 is 1.90 bits per heavy atom. The Morgan fingerprint density at radius 1 is 0.862 bits per heavy atom. The molecule has 2 aromatic rings. The van der Waals surface area contributed by atoms with E-state index in [9.17, 15) is 4.79 Å². The van der Waals surface area contributed by atoms with E-state index in [1.54, 1.807) is 7.11 Å². The van der Waals surface area contributed by atoms with Crippen molar-refractivity contribution in [3.05, 3.63) is 50.3 Å². The molecule has 1 atom stereocenters. The highest BCUT2D eigenvalue weighted by Crippen LogP contribution is 2.48.